The van der Waals surface area contributed by atoms with E-state index in [2.05, 4.69) is 60.0 Å². The van der Waals surface area contributed by atoms with Crippen LogP contribution in [0.1, 0.15) is 24.1 Å². The number of nitrogens with two attached hydrogens (primary N) is 1. The van der Waals surface area contributed by atoms with Crippen molar-refractivity contribution in [3.63, 3.8) is 0 Å². The van der Waals surface area contributed by atoms with Gasteiger partial charge in [0.25, 0.3) is 5.91 Å². The summed E-state index contributed by atoms with van der Waals surface area (Å²) >= 11 is 0. The molecular formula is C21H23N2O+. The standard InChI is InChI=1S/C21H22N2O/c1-15-7-5-10-18(13-15)23-21(24)14-22-16(2)19-12-6-9-17-8-3-4-11-20(17)19/h3-13,16,22H,14H2,1-2H3,(H,23,24)/p+1/t16-/m1/s1. The zero-order valence-electron chi connectivity index (χ0n) is 14.1. The molecule has 1 atom stereocenters. The Morgan fingerprint density at radius 1 is 1.04 bits per heavy atom. The minimum Gasteiger partial charge on any atom is -0.332 e. The third-order valence-corrected chi connectivity index (χ3v) is 4.27. The fraction of sp³-hybridized carbons (Fsp3) is 0.190. The van der Waals surface area contributed by atoms with Crippen molar-refractivity contribution in [1.29, 1.82) is 0 Å². The van der Waals surface area contributed by atoms with Crippen molar-refractivity contribution in [3.05, 3.63) is 77.9 Å². The summed E-state index contributed by atoms with van der Waals surface area (Å²) in [4.78, 5) is 12.2. The van der Waals surface area contributed by atoms with Gasteiger partial charge in [0.2, 0.25) is 0 Å². The Labute approximate surface area is 142 Å². The van der Waals surface area contributed by atoms with Gasteiger partial charge in [0.15, 0.2) is 6.54 Å². The molecule has 0 unspecified atom stereocenters. The molecule has 3 heteroatoms. The van der Waals surface area contributed by atoms with Gasteiger partial charge in [0.05, 0.1) is 0 Å². The van der Waals surface area contributed by atoms with Gasteiger partial charge >= 0.3 is 0 Å². The second kappa shape index (κ2) is 7.28. The van der Waals surface area contributed by atoms with Crippen LogP contribution in [0.15, 0.2) is 66.7 Å². The first-order valence-corrected chi connectivity index (χ1v) is 8.31. The molecule has 0 saturated heterocycles. The fourth-order valence-electron chi connectivity index (χ4n) is 2.99. The molecule has 1 amide bonds. The second-order valence-electron chi connectivity index (χ2n) is 6.21. The number of carbonyl (C=O) groups is 1. The number of amides is 1. The molecular weight excluding hydrogens is 296 g/mol. The zero-order chi connectivity index (χ0) is 16.9. The zero-order valence-corrected chi connectivity index (χ0v) is 14.1. The number of quaternary nitrogens is 1. The summed E-state index contributed by atoms with van der Waals surface area (Å²) in [7, 11) is 0. The van der Waals surface area contributed by atoms with Gasteiger partial charge < -0.3 is 10.6 Å². The molecule has 0 fully saturated rings. The molecule has 0 heterocycles. The number of anilines is 1. The van der Waals surface area contributed by atoms with Crippen LogP contribution in [0.2, 0.25) is 0 Å². The van der Waals surface area contributed by atoms with Crippen molar-refractivity contribution >= 4 is 22.4 Å². The van der Waals surface area contributed by atoms with E-state index in [1.54, 1.807) is 0 Å². The van der Waals surface area contributed by atoms with E-state index in [-0.39, 0.29) is 11.9 Å². The smallest absolute Gasteiger partial charge is 0.279 e. The van der Waals surface area contributed by atoms with Crippen molar-refractivity contribution < 1.29 is 10.1 Å². The first kappa shape index (κ1) is 16.2. The molecule has 3 aromatic rings. The Kier molecular flexibility index (Phi) is 4.92. The fourth-order valence-corrected chi connectivity index (χ4v) is 2.99. The van der Waals surface area contributed by atoms with Gasteiger partial charge in [-0.2, -0.15) is 0 Å². The van der Waals surface area contributed by atoms with Crippen LogP contribution in [0.3, 0.4) is 0 Å². The van der Waals surface area contributed by atoms with Gasteiger partial charge in [-0.15, -0.1) is 0 Å². The summed E-state index contributed by atoms with van der Waals surface area (Å²) in [5.74, 6) is 0.0210. The molecule has 3 nitrogen and oxygen atoms in total. The van der Waals surface area contributed by atoms with Crippen molar-refractivity contribution in [2.75, 3.05) is 11.9 Å². The largest absolute Gasteiger partial charge is 0.332 e. The lowest BCUT2D eigenvalue weighted by molar-refractivity contribution is -0.682. The summed E-state index contributed by atoms with van der Waals surface area (Å²) in [6, 6.07) is 22.8. The lowest BCUT2D eigenvalue weighted by Gasteiger charge is -2.14. The van der Waals surface area contributed by atoms with Gasteiger partial charge in [-0.05, 0) is 42.3 Å². The highest BCUT2D eigenvalue weighted by Gasteiger charge is 2.14. The van der Waals surface area contributed by atoms with E-state index < -0.39 is 0 Å². The molecule has 3 aromatic carbocycles. The quantitative estimate of drug-likeness (QED) is 0.744. The molecule has 0 aliphatic heterocycles. The summed E-state index contributed by atoms with van der Waals surface area (Å²) in [6.07, 6.45) is 0. The Morgan fingerprint density at radius 3 is 2.62 bits per heavy atom. The molecule has 3 N–H and O–H groups in total. The van der Waals surface area contributed by atoms with Gasteiger partial charge in [-0.1, -0.05) is 54.6 Å². The number of hydrogen-bond acceptors (Lipinski definition) is 1. The highest BCUT2D eigenvalue weighted by molar-refractivity contribution is 5.91. The van der Waals surface area contributed by atoms with Crippen LogP contribution < -0.4 is 10.6 Å². The van der Waals surface area contributed by atoms with Crippen LogP contribution in [0, 0.1) is 6.92 Å². The molecule has 0 saturated carbocycles. The number of fused-ring (bicyclic) bond motifs is 1. The normalized spacial score (nSPS) is 12.1. The molecule has 0 radical (unpaired) electrons. The first-order chi connectivity index (χ1) is 11.6. The number of carbonyl (C=O) groups excluding carboxylic acids is 1. The Hall–Kier alpha value is -2.65. The van der Waals surface area contributed by atoms with E-state index in [0.29, 0.717) is 6.54 Å². The molecule has 3 rings (SSSR count). The highest BCUT2D eigenvalue weighted by Crippen LogP contribution is 2.22. The Morgan fingerprint density at radius 2 is 1.79 bits per heavy atom. The summed E-state index contributed by atoms with van der Waals surface area (Å²) in [5.41, 5.74) is 3.25. The minimum atomic E-state index is 0.0210. The predicted molar refractivity (Wildman–Crippen MR) is 99.0 cm³/mol. The third kappa shape index (κ3) is 3.81. The lowest BCUT2D eigenvalue weighted by Crippen LogP contribution is -2.86. The average Bonchev–Trinajstić information content (AvgIpc) is 2.59. The molecule has 24 heavy (non-hydrogen) atoms. The summed E-state index contributed by atoms with van der Waals surface area (Å²) in [6.45, 7) is 4.56. The number of rotatable bonds is 5. The molecule has 122 valence electrons. The Bertz CT molecular complexity index is 852. The van der Waals surface area contributed by atoms with Crippen LogP contribution in [-0.4, -0.2) is 12.5 Å². The maximum atomic E-state index is 12.2. The molecule has 0 aliphatic carbocycles. The van der Waals surface area contributed by atoms with Crippen LogP contribution in [0.4, 0.5) is 5.69 Å². The molecule has 0 aliphatic rings. The number of benzene rings is 3. The van der Waals surface area contributed by atoms with E-state index in [1.807, 2.05) is 31.2 Å². The maximum Gasteiger partial charge on any atom is 0.279 e. The van der Waals surface area contributed by atoms with Gasteiger partial charge in [0, 0.05) is 11.3 Å². The van der Waals surface area contributed by atoms with Crippen molar-refractivity contribution in [2.45, 2.75) is 19.9 Å². The van der Waals surface area contributed by atoms with Gasteiger partial charge in [0.1, 0.15) is 6.04 Å². The topological polar surface area (TPSA) is 45.7 Å². The van der Waals surface area contributed by atoms with E-state index in [0.717, 1.165) is 11.3 Å². The monoisotopic (exact) mass is 319 g/mol. The van der Waals surface area contributed by atoms with Crippen LogP contribution >= 0.6 is 0 Å². The SMILES string of the molecule is Cc1cccc(NC(=O)C[NH2+][C@H](C)c2cccc3ccccc23)c1. The van der Waals surface area contributed by atoms with Crippen LogP contribution in [0.5, 0.6) is 0 Å². The van der Waals surface area contributed by atoms with E-state index in [9.17, 15) is 4.79 Å². The average molecular weight is 319 g/mol. The molecule has 0 bridgehead atoms. The van der Waals surface area contributed by atoms with E-state index in [1.165, 1.54) is 16.3 Å². The first-order valence-electron chi connectivity index (χ1n) is 8.31. The van der Waals surface area contributed by atoms with Crippen LogP contribution in [-0.2, 0) is 4.79 Å². The molecule has 0 spiro atoms. The minimum absolute atomic E-state index is 0.0210. The van der Waals surface area contributed by atoms with Crippen LogP contribution in [0.25, 0.3) is 10.8 Å². The number of hydrogen-bond donors (Lipinski definition) is 2. The summed E-state index contributed by atoms with van der Waals surface area (Å²) < 4.78 is 0. The predicted octanol–water partition coefficient (Wildman–Crippen LogP) is 3.41. The van der Waals surface area contributed by atoms with Crippen molar-refractivity contribution in [2.24, 2.45) is 0 Å². The maximum absolute atomic E-state index is 12.2. The third-order valence-electron chi connectivity index (χ3n) is 4.27. The Balaban J connectivity index is 1.64. The van der Waals surface area contributed by atoms with E-state index >= 15 is 0 Å². The van der Waals surface area contributed by atoms with E-state index in [4.69, 9.17) is 0 Å². The summed E-state index contributed by atoms with van der Waals surface area (Å²) in [5, 5.41) is 7.52. The van der Waals surface area contributed by atoms with Crippen molar-refractivity contribution in [3.8, 4) is 0 Å². The second-order valence-corrected chi connectivity index (χ2v) is 6.21. The number of nitrogens with one attached hydrogen (secondary N) is 1. The van der Waals surface area contributed by atoms with Gasteiger partial charge in [-0.3, -0.25) is 4.79 Å². The van der Waals surface area contributed by atoms with Gasteiger partial charge in [-0.25, -0.2) is 0 Å². The number of aryl methyl sites for hydroxylation is 1. The highest BCUT2D eigenvalue weighted by atomic mass is 16.1. The van der Waals surface area contributed by atoms with Crippen molar-refractivity contribution in [1.82, 2.24) is 0 Å². The lowest BCUT2D eigenvalue weighted by atomic mass is 10.00. The molecule has 0 aromatic heterocycles.